The van der Waals surface area contributed by atoms with Crippen molar-refractivity contribution in [1.82, 2.24) is 0 Å². The zero-order valence-electron chi connectivity index (χ0n) is 26.8. The van der Waals surface area contributed by atoms with E-state index in [1.54, 1.807) is 0 Å². The van der Waals surface area contributed by atoms with E-state index in [1.165, 1.54) is 79.9 Å². The summed E-state index contributed by atoms with van der Waals surface area (Å²) in [6, 6.07) is 43.5. The van der Waals surface area contributed by atoms with Gasteiger partial charge in [0.2, 0.25) is 0 Å². The van der Waals surface area contributed by atoms with Crippen LogP contribution in [0.1, 0.15) is 72.9 Å². The quantitative estimate of drug-likeness (QED) is 0.133. The molecule has 0 aliphatic carbocycles. The van der Waals surface area contributed by atoms with Gasteiger partial charge in [-0.2, -0.15) is 0 Å². The third-order valence-corrected chi connectivity index (χ3v) is 9.20. The molecule has 0 aliphatic heterocycles. The summed E-state index contributed by atoms with van der Waals surface area (Å²) in [5.41, 5.74) is 7.08. The van der Waals surface area contributed by atoms with E-state index in [9.17, 15) is 0 Å². The minimum Gasteiger partial charge on any atom is -0.0654 e. The van der Waals surface area contributed by atoms with Gasteiger partial charge < -0.3 is 0 Å². The van der Waals surface area contributed by atoms with Crippen LogP contribution in [-0.4, -0.2) is 0 Å². The highest BCUT2D eigenvalue weighted by molar-refractivity contribution is 6.09. The third kappa shape index (κ3) is 5.65. The molecule has 0 spiro atoms. The summed E-state index contributed by atoms with van der Waals surface area (Å²) in [6.07, 6.45) is 6.91. The van der Waals surface area contributed by atoms with Crippen molar-refractivity contribution in [2.75, 3.05) is 0 Å². The van der Waals surface area contributed by atoms with E-state index < -0.39 is 0 Å². The summed E-state index contributed by atoms with van der Waals surface area (Å²) in [5, 5.41) is 10.2. The van der Waals surface area contributed by atoms with E-state index in [-0.39, 0.29) is 0 Å². The molecule has 0 bridgehead atoms. The standard InChI is InChI=1S/C46H38/c1-3-5-15-35-37-17-7-11-21-41(37)45(42-22-12-8-18-38(35)42)31-29-33-25-27-34(28-26-33)30-32-46-43-23-13-9-19-39(43)36(16-6-4-2)40-20-10-14-24-44(40)46/h7-14,17-28H,3-6,15-16H2,1-2H3. The highest BCUT2D eigenvalue weighted by Gasteiger charge is 2.13. The highest BCUT2D eigenvalue weighted by Crippen LogP contribution is 2.35. The SMILES string of the molecule is CCCCc1c2ccccc2c(C#Cc2ccc(C#Cc3c4ccccc4c(CCCC)c4ccccc34)cc2)c2ccccc12. The molecule has 7 rings (SSSR count). The second kappa shape index (κ2) is 13.4. The Hall–Kier alpha value is -5.30. The van der Waals surface area contributed by atoms with Crippen molar-refractivity contribution in [3.63, 3.8) is 0 Å². The second-order valence-electron chi connectivity index (χ2n) is 12.2. The van der Waals surface area contributed by atoms with Crippen molar-refractivity contribution in [3.8, 4) is 23.7 Å². The van der Waals surface area contributed by atoms with Crippen LogP contribution in [0.25, 0.3) is 43.1 Å². The molecule has 7 aromatic rings. The first kappa shape index (κ1) is 29.4. The van der Waals surface area contributed by atoms with Gasteiger partial charge in [0.15, 0.2) is 0 Å². The first-order valence-electron chi connectivity index (χ1n) is 16.8. The fraction of sp³-hybridized carbons (Fsp3) is 0.174. The van der Waals surface area contributed by atoms with Crippen molar-refractivity contribution >= 4 is 43.1 Å². The molecule has 0 atom stereocenters. The average molecular weight is 591 g/mol. The summed E-state index contributed by atoms with van der Waals surface area (Å²) in [6.45, 7) is 4.52. The first-order valence-corrected chi connectivity index (χ1v) is 16.8. The number of hydrogen-bond acceptors (Lipinski definition) is 0. The molecule has 0 aromatic heterocycles. The molecule has 0 saturated heterocycles. The Morgan fingerprint density at radius 1 is 0.348 bits per heavy atom. The van der Waals surface area contributed by atoms with Gasteiger partial charge in [-0.1, -0.05) is 147 Å². The van der Waals surface area contributed by atoms with E-state index in [0.29, 0.717) is 0 Å². The van der Waals surface area contributed by atoms with Gasteiger partial charge in [0.05, 0.1) is 0 Å². The zero-order valence-corrected chi connectivity index (χ0v) is 26.8. The highest BCUT2D eigenvalue weighted by atomic mass is 14.2. The maximum absolute atomic E-state index is 3.58. The molecule has 0 N–H and O–H groups in total. The molecular formula is C46H38. The number of benzene rings is 7. The van der Waals surface area contributed by atoms with Gasteiger partial charge >= 0.3 is 0 Å². The molecule has 7 aromatic carbocycles. The van der Waals surface area contributed by atoms with Crippen LogP contribution in [0, 0.1) is 23.7 Å². The minimum atomic E-state index is 0.991. The number of aryl methyl sites for hydroxylation is 2. The predicted octanol–water partition coefficient (Wildman–Crippen LogP) is 11.8. The lowest BCUT2D eigenvalue weighted by atomic mass is 9.89. The smallest absolute Gasteiger partial charge is 0.0406 e. The maximum Gasteiger partial charge on any atom is 0.0406 e. The van der Waals surface area contributed by atoms with E-state index in [1.807, 2.05) is 0 Å². The van der Waals surface area contributed by atoms with Crippen LogP contribution in [-0.2, 0) is 12.8 Å². The molecule has 0 unspecified atom stereocenters. The van der Waals surface area contributed by atoms with Crippen LogP contribution in [0.2, 0.25) is 0 Å². The number of fused-ring (bicyclic) bond motifs is 4. The van der Waals surface area contributed by atoms with Crippen molar-refractivity contribution < 1.29 is 0 Å². The number of hydrogen-bond donors (Lipinski definition) is 0. The summed E-state index contributed by atoms with van der Waals surface area (Å²) in [5.74, 6) is 14.1. The molecule has 46 heavy (non-hydrogen) atoms. The van der Waals surface area contributed by atoms with E-state index in [0.717, 1.165) is 35.1 Å². The van der Waals surface area contributed by atoms with Crippen molar-refractivity contribution in [1.29, 1.82) is 0 Å². The van der Waals surface area contributed by atoms with Crippen LogP contribution >= 0.6 is 0 Å². The molecule has 0 amide bonds. The zero-order chi connectivity index (χ0) is 31.3. The van der Waals surface area contributed by atoms with Gasteiger partial charge in [0, 0.05) is 22.3 Å². The Balaban J connectivity index is 1.26. The molecule has 0 heterocycles. The molecular weight excluding hydrogens is 553 g/mol. The van der Waals surface area contributed by atoms with Crippen LogP contribution in [0.15, 0.2) is 121 Å². The minimum absolute atomic E-state index is 0.991. The number of rotatable bonds is 6. The Labute approximate surface area is 273 Å². The van der Waals surface area contributed by atoms with Crippen molar-refractivity contribution in [2.24, 2.45) is 0 Å². The lowest BCUT2D eigenvalue weighted by molar-refractivity contribution is 0.802. The first-order chi connectivity index (χ1) is 22.8. The summed E-state index contributed by atoms with van der Waals surface area (Å²) in [7, 11) is 0. The van der Waals surface area contributed by atoms with Crippen LogP contribution in [0.3, 0.4) is 0 Å². The normalized spacial score (nSPS) is 11.0. The van der Waals surface area contributed by atoms with Gasteiger partial charge in [-0.25, -0.2) is 0 Å². The molecule has 0 nitrogen and oxygen atoms in total. The molecule has 222 valence electrons. The predicted molar refractivity (Wildman–Crippen MR) is 199 cm³/mol. The Bertz CT molecular complexity index is 2050. The Morgan fingerprint density at radius 2 is 0.630 bits per heavy atom. The molecule has 0 aliphatic rings. The topological polar surface area (TPSA) is 0 Å². The molecule has 0 fully saturated rings. The summed E-state index contributed by atoms with van der Waals surface area (Å²) in [4.78, 5) is 0. The largest absolute Gasteiger partial charge is 0.0654 e. The summed E-state index contributed by atoms with van der Waals surface area (Å²) >= 11 is 0. The van der Waals surface area contributed by atoms with Gasteiger partial charge in [-0.15, -0.1) is 0 Å². The fourth-order valence-electron chi connectivity index (χ4n) is 6.86. The second-order valence-corrected chi connectivity index (χ2v) is 12.2. The molecule has 0 heteroatoms. The van der Waals surface area contributed by atoms with E-state index in [2.05, 4.69) is 159 Å². The Morgan fingerprint density at radius 3 is 0.913 bits per heavy atom. The van der Waals surface area contributed by atoms with Crippen LogP contribution < -0.4 is 0 Å². The fourth-order valence-corrected chi connectivity index (χ4v) is 6.86. The van der Waals surface area contributed by atoms with Crippen molar-refractivity contribution in [3.05, 3.63) is 155 Å². The van der Waals surface area contributed by atoms with E-state index in [4.69, 9.17) is 0 Å². The monoisotopic (exact) mass is 590 g/mol. The molecule has 0 saturated carbocycles. The average Bonchev–Trinajstić information content (AvgIpc) is 3.11. The third-order valence-electron chi connectivity index (χ3n) is 9.20. The van der Waals surface area contributed by atoms with Gasteiger partial charge in [0.25, 0.3) is 0 Å². The lowest BCUT2D eigenvalue weighted by Crippen LogP contribution is -1.94. The Kier molecular flexibility index (Phi) is 8.55. The van der Waals surface area contributed by atoms with Crippen LogP contribution in [0.5, 0.6) is 0 Å². The van der Waals surface area contributed by atoms with Crippen molar-refractivity contribution in [2.45, 2.75) is 52.4 Å². The lowest BCUT2D eigenvalue weighted by Gasteiger charge is -2.14. The van der Waals surface area contributed by atoms with Gasteiger partial charge in [-0.05, 0) is 104 Å². The van der Waals surface area contributed by atoms with Gasteiger partial charge in [-0.3, -0.25) is 0 Å². The maximum atomic E-state index is 3.58. The molecule has 0 radical (unpaired) electrons. The van der Waals surface area contributed by atoms with E-state index >= 15 is 0 Å². The summed E-state index contributed by atoms with van der Waals surface area (Å²) < 4.78 is 0. The number of unbranched alkanes of at least 4 members (excludes halogenated alkanes) is 2. The van der Waals surface area contributed by atoms with Gasteiger partial charge in [0.1, 0.15) is 0 Å². The van der Waals surface area contributed by atoms with Crippen LogP contribution in [0.4, 0.5) is 0 Å².